The summed E-state index contributed by atoms with van der Waals surface area (Å²) in [5.41, 5.74) is 2.75. The first-order valence-electron chi connectivity index (χ1n) is 6.08. The molecule has 1 heterocycles. The molecule has 3 rings (SSSR count). The minimum Gasteiger partial charge on any atom is -0.268 e. The Labute approximate surface area is 96.3 Å². The summed E-state index contributed by atoms with van der Waals surface area (Å²) in [6.45, 7) is 4.65. The summed E-state index contributed by atoms with van der Waals surface area (Å²) in [5, 5.41) is 5.53. The van der Waals surface area contributed by atoms with Gasteiger partial charge in [0.1, 0.15) is 0 Å². The second-order valence-corrected chi connectivity index (χ2v) is 5.34. The first-order chi connectivity index (χ1) is 7.66. The van der Waals surface area contributed by atoms with Crippen LogP contribution in [-0.4, -0.2) is 9.78 Å². The molecule has 16 heavy (non-hydrogen) atoms. The van der Waals surface area contributed by atoms with E-state index in [4.69, 9.17) is 0 Å². The molecule has 2 aromatic rings. The van der Waals surface area contributed by atoms with Crippen LogP contribution in [0.2, 0.25) is 0 Å². The fourth-order valence-corrected chi connectivity index (χ4v) is 2.73. The van der Waals surface area contributed by atoms with Gasteiger partial charge in [0, 0.05) is 12.4 Å². The normalized spacial score (nSPS) is 24.2. The first-order valence-corrected chi connectivity index (χ1v) is 6.08. The van der Waals surface area contributed by atoms with E-state index in [0.717, 1.165) is 17.8 Å². The molecule has 0 N–H and O–H groups in total. The molecule has 2 atom stereocenters. The molecule has 0 saturated heterocycles. The predicted octanol–water partition coefficient (Wildman–Crippen LogP) is 3.33. The van der Waals surface area contributed by atoms with Crippen LogP contribution in [0.3, 0.4) is 0 Å². The Bertz CT molecular complexity index is 525. The zero-order valence-electron chi connectivity index (χ0n) is 10.1. The van der Waals surface area contributed by atoms with E-state index in [2.05, 4.69) is 37.1 Å². The third-order valence-electron chi connectivity index (χ3n) is 3.90. The van der Waals surface area contributed by atoms with Crippen molar-refractivity contribution in [1.29, 1.82) is 0 Å². The summed E-state index contributed by atoms with van der Waals surface area (Å²) in [4.78, 5) is 0. The van der Waals surface area contributed by atoms with Gasteiger partial charge in [-0.2, -0.15) is 5.10 Å². The lowest BCUT2D eigenvalue weighted by Crippen LogP contribution is -1.93. The molecule has 2 heteroatoms. The van der Waals surface area contributed by atoms with Gasteiger partial charge in [-0.25, -0.2) is 0 Å². The molecule has 1 saturated carbocycles. The largest absolute Gasteiger partial charge is 0.268 e. The summed E-state index contributed by atoms with van der Waals surface area (Å²) in [7, 11) is 2.01. The van der Waals surface area contributed by atoms with E-state index in [1.807, 2.05) is 17.9 Å². The van der Waals surface area contributed by atoms with E-state index >= 15 is 0 Å². The maximum absolute atomic E-state index is 4.29. The highest BCUT2D eigenvalue weighted by Gasteiger charge is 2.40. The first kappa shape index (κ1) is 9.88. The van der Waals surface area contributed by atoms with Crippen LogP contribution in [0.15, 0.2) is 24.4 Å². The number of aryl methyl sites for hydroxylation is 1. The van der Waals surface area contributed by atoms with Gasteiger partial charge in [-0.15, -0.1) is 0 Å². The van der Waals surface area contributed by atoms with Crippen LogP contribution < -0.4 is 0 Å². The second kappa shape index (κ2) is 3.34. The standard InChI is InChI=1S/C14H18N2/c1-9(2)12-7-13(12)10-4-5-11-8-15-16(3)14(11)6-10/h4-6,8-9,12-13H,7H2,1-3H3/t12?,13-/m1/s1. The molecule has 2 nitrogen and oxygen atoms in total. The van der Waals surface area contributed by atoms with E-state index in [1.54, 1.807) is 0 Å². The number of hydrogen-bond donors (Lipinski definition) is 0. The van der Waals surface area contributed by atoms with Gasteiger partial charge in [-0.05, 0) is 35.8 Å². The molecule has 1 unspecified atom stereocenters. The Kier molecular flexibility index (Phi) is 2.06. The van der Waals surface area contributed by atoms with Crippen LogP contribution in [0.4, 0.5) is 0 Å². The van der Waals surface area contributed by atoms with Crippen LogP contribution >= 0.6 is 0 Å². The van der Waals surface area contributed by atoms with Crippen LogP contribution in [0.1, 0.15) is 31.7 Å². The van der Waals surface area contributed by atoms with Gasteiger partial charge < -0.3 is 0 Å². The molecular weight excluding hydrogens is 196 g/mol. The van der Waals surface area contributed by atoms with Crippen LogP contribution in [-0.2, 0) is 7.05 Å². The van der Waals surface area contributed by atoms with E-state index in [-0.39, 0.29) is 0 Å². The predicted molar refractivity (Wildman–Crippen MR) is 66.4 cm³/mol. The Morgan fingerprint density at radius 1 is 1.38 bits per heavy atom. The molecule has 0 radical (unpaired) electrons. The lowest BCUT2D eigenvalue weighted by molar-refractivity contribution is 0.549. The summed E-state index contributed by atoms with van der Waals surface area (Å²) in [6.07, 6.45) is 3.30. The van der Waals surface area contributed by atoms with E-state index in [0.29, 0.717) is 0 Å². The van der Waals surface area contributed by atoms with Gasteiger partial charge in [0.25, 0.3) is 0 Å². The minimum absolute atomic E-state index is 0.791. The molecule has 84 valence electrons. The minimum atomic E-state index is 0.791. The Morgan fingerprint density at radius 2 is 2.19 bits per heavy atom. The van der Waals surface area contributed by atoms with Gasteiger partial charge in [0.2, 0.25) is 0 Å². The van der Waals surface area contributed by atoms with Crippen molar-refractivity contribution in [3.63, 3.8) is 0 Å². The fourth-order valence-electron chi connectivity index (χ4n) is 2.73. The number of aromatic nitrogens is 2. The third-order valence-corrected chi connectivity index (χ3v) is 3.90. The fraction of sp³-hybridized carbons (Fsp3) is 0.500. The average Bonchev–Trinajstić information content (AvgIpc) is 2.99. The lowest BCUT2D eigenvalue weighted by Gasteiger charge is -2.04. The van der Waals surface area contributed by atoms with E-state index < -0.39 is 0 Å². The van der Waals surface area contributed by atoms with Crippen molar-refractivity contribution in [2.45, 2.75) is 26.2 Å². The smallest absolute Gasteiger partial charge is 0.0681 e. The maximum Gasteiger partial charge on any atom is 0.0681 e. The molecule has 1 aromatic heterocycles. The molecule has 0 aliphatic heterocycles. The number of fused-ring (bicyclic) bond motifs is 1. The molecule has 1 aromatic carbocycles. The van der Waals surface area contributed by atoms with Crippen molar-refractivity contribution in [2.75, 3.05) is 0 Å². The highest BCUT2D eigenvalue weighted by atomic mass is 15.2. The zero-order chi connectivity index (χ0) is 11.3. The molecule has 0 spiro atoms. The number of benzene rings is 1. The highest BCUT2D eigenvalue weighted by molar-refractivity contribution is 5.79. The Morgan fingerprint density at radius 3 is 2.88 bits per heavy atom. The molecule has 0 bridgehead atoms. The number of hydrogen-bond acceptors (Lipinski definition) is 1. The summed E-state index contributed by atoms with van der Waals surface area (Å²) < 4.78 is 1.96. The van der Waals surface area contributed by atoms with Crippen molar-refractivity contribution in [3.05, 3.63) is 30.0 Å². The van der Waals surface area contributed by atoms with Gasteiger partial charge >= 0.3 is 0 Å². The monoisotopic (exact) mass is 214 g/mol. The zero-order valence-corrected chi connectivity index (χ0v) is 10.1. The van der Waals surface area contributed by atoms with Crippen molar-refractivity contribution in [2.24, 2.45) is 18.9 Å². The van der Waals surface area contributed by atoms with Gasteiger partial charge in [0.05, 0.1) is 11.7 Å². The SMILES string of the molecule is CC(C)C1C[C@@H]1c1ccc2cnn(C)c2c1. The van der Waals surface area contributed by atoms with Gasteiger partial charge in [0.15, 0.2) is 0 Å². The van der Waals surface area contributed by atoms with Crippen molar-refractivity contribution in [3.8, 4) is 0 Å². The number of nitrogens with zero attached hydrogens (tertiary/aromatic N) is 2. The number of rotatable bonds is 2. The van der Waals surface area contributed by atoms with Crippen molar-refractivity contribution >= 4 is 10.9 Å². The van der Waals surface area contributed by atoms with Crippen molar-refractivity contribution < 1.29 is 0 Å². The Hall–Kier alpha value is -1.31. The van der Waals surface area contributed by atoms with Crippen LogP contribution in [0.25, 0.3) is 10.9 Å². The van der Waals surface area contributed by atoms with Crippen LogP contribution in [0, 0.1) is 11.8 Å². The topological polar surface area (TPSA) is 17.8 Å². The molecule has 1 aliphatic rings. The highest BCUT2D eigenvalue weighted by Crippen LogP contribution is 2.51. The molecule has 1 aliphatic carbocycles. The molecule has 0 amide bonds. The summed E-state index contributed by atoms with van der Waals surface area (Å²) >= 11 is 0. The molecular formula is C14H18N2. The van der Waals surface area contributed by atoms with Gasteiger partial charge in [-0.3, -0.25) is 4.68 Å². The quantitative estimate of drug-likeness (QED) is 0.749. The van der Waals surface area contributed by atoms with Crippen LogP contribution in [0.5, 0.6) is 0 Å². The van der Waals surface area contributed by atoms with Crippen molar-refractivity contribution in [1.82, 2.24) is 9.78 Å². The second-order valence-electron chi connectivity index (χ2n) is 5.34. The average molecular weight is 214 g/mol. The summed E-state index contributed by atoms with van der Waals surface area (Å²) in [6, 6.07) is 6.79. The third kappa shape index (κ3) is 1.44. The van der Waals surface area contributed by atoms with E-state index in [1.165, 1.54) is 22.9 Å². The van der Waals surface area contributed by atoms with Gasteiger partial charge in [-0.1, -0.05) is 26.0 Å². The lowest BCUT2D eigenvalue weighted by atomic mass is 10.0. The Balaban J connectivity index is 1.97. The van der Waals surface area contributed by atoms with E-state index in [9.17, 15) is 0 Å². The molecule has 1 fully saturated rings. The summed E-state index contributed by atoms with van der Waals surface area (Å²) in [5.74, 6) is 2.50. The maximum atomic E-state index is 4.29.